The van der Waals surface area contributed by atoms with E-state index in [2.05, 4.69) is 15.6 Å². The normalized spacial score (nSPS) is 18.6. The van der Waals surface area contributed by atoms with Crippen LogP contribution < -0.4 is 16.3 Å². The smallest absolute Gasteiger partial charge is 0.348 e. The zero-order chi connectivity index (χ0) is 13.2. The Morgan fingerprint density at radius 2 is 2.26 bits per heavy atom. The summed E-state index contributed by atoms with van der Waals surface area (Å²) >= 11 is 0. The van der Waals surface area contributed by atoms with E-state index in [0.717, 1.165) is 19.4 Å². The number of carbonyl (C=O) groups is 1. The van der Waals surface area contributed by atoms with Crippen molar-refractivity contribution in [2.75, 3.05) is 11.9 Å². The fraction of sp³-hybridized carbons (Fsp3) is 0.308. The number of anilines is 1. The monoisotopic (exact) mass is 259 g/mol. The Bertz CT molecular complexity index is 674. The molecule has 2 heterocycles. The lowest BCUT2D eigenvalue weighted by Gasteiger charge is -2.09. The Labute approximate surface area is 108 Å². The summed E-state index contributed by atoms with van der Waals surface area (Å²) in [6.07, 6.45) is 1.75. The molecule has 0 radical (unpaired) electrons. The van der Waals surface area contributed by atoms with Gasteiger partial charge in [0.2, 0.25) is 5.91 Å². The van der Waals surface area contributed by atoms with Crippen LogP contribution in [-0.2, 0) is 4.79 Å². The third kappa shape index (κ3) is 2.34. The number of aromatic nitrogens is 1. The number of nitrogens with zero attached hydrogens (tertiary/aromatic N) is 1. The van der Waals surface area contributed by atoms with Gasteiger partial charge in [-0.15, -0.1) is 0 Å². The van der Waals surface area contributed by atoms with Gasteiger partial charge in [0.15, 0.2) is 0 Å². The number of benzene rings is 1. The molecule has 3 rings (SSSR count). The summed E-state index contributed by atoms with van der Waals surface area (Å²) < 4.78 is 4.99. The Kier molecular flexibility index (Phi) is 3.00. The minimum atomic E-state index is -0.500. The van der Waals surface area contributed by atoms with Crippen LogP contribution >= 0.6 is 0 Å². The van der Waals surface area contributed by atoms with E-state index in [1.165, 1.54) is 0 Å². The van der Waals surface area contributed by atoms with E-state index >= 15 is 0 Å². The number of amides is 1. The van der Waals surface area contributed by atoms with E-state index < -0.39 is 5.63 Å². The number of fused-ring (bicyclic) bond motifs is 1. The van der Waals surface area contributed by atoms with Gasteiger partial charge in [-0.3, -0.25) is 10.1 Å². The maximum atomic E-state index is 11.9. The quantitative estimate of drug-likeness (QED) is 0.836. The topological polar surface area (TPSA) is 84.2 Å². The molecule has 1 aliphatic heterocycles. The first-order valence-electron chi connectivity index (χ1n) is 6.18. The molecule has 6 heteroatoms. The molecule has 1 aromatic heterocycles. The molecule has 0 spiro atoms. The molecule has 1 fully saturated rings. The summed E-state index contributed by atoms with van der Waals surface area (Å²) in [6, 6.07) is 6.56. The van der Waals surface area contributed by atoms with Crippen molar-refractivity contribution in [3.8, 4) is 0 Å². The van der Waals surface area contributed by atoms with Crippen LogP contribution in [0.4, 0.5) is 6.01 Å². The van der Waals surface area contributed by atoms with Crippen LogP contribution in [-0.4, -0.2) is 23.5 Å². The van der Waals surface area contributed by atoms with Gasteiger partial charge in [-0.25, -0.2) is 4.79 Å². The van der Waals surface area contributed by atoms with Crippen LogP contribution in [0, 0.1) is 0 Å². The molecule has 1 atom stereocenters. The molecule has 1 aromatic carbocycles. The third-order valence-electron chi connectivity index (χ3n) is 3.14. The highest BCUT2D eigenvalue weighted by Crippen LogP contribution is 2.12. The van der Waals surface area contributed by atoms with Gasteiger partial charge in [0, 0.05) is 0 Å². The van der Waals surface area contributed by atoms with E-state index in [1.54, 1.807) is 24.3 Å². The molecule has 1 saturated heterocycles. The van der Waals surface area contributed by atoms with Crippen molar-refractivity contribution in [2.45, 2.75) is 18.9 Å². The van der Waals surface area contributed by atoms with Gasteiger partial charge in [0.1, 0.15) is 0 Å². The van der Waals surface area contributed by atoms with Gasteiger partial charge in [-0.2, -0.15) is 4.98 Å². The summed E-state index contributed by atoms with van der Waals surface area (Å²) in [5.41, 5.74) is 0.00807. The molecule has 19 heavy (non-hydrogen) atoms. The summed E-state index contributed by atoms with van der Waals surface area (Å²) in [5.74, 6) is -0.219. The summed E-state index contributed by atoms with van der Waals surface area (Å²) in [6.45, 7) is 0.827. The zero-order valence-electron chi connectivity index (χ0n) is 10.2. The first kappa shape index (κ1) is 11.9. The lowest BCUT2D eigenvalue weighted by molar-refractivity contribution is -0.117. The predicted octanol–water partition coefficient (Wildman–Crippen LogP) is 0.878. The Morgan fingerprint density at radius 3 is 3.05 bits per heavy atom. The summed E-state index contributed by atoms with van der Waals surface area (Å²) in [4.78, 5) is 27.7. The van der Waals surface area contributed by atoms with Crippen molar-refractivity contribution < 1.29 is 9.21 Å². The number of rotatable bonds is 2. The van der Waals surface area contributed by atoms with E-state index in [9.17, 15) is 9.59 Å². The molecule has 6 nitrogen and oxygen atoms in total. The van der Waals surface area contributed by atoms with Crippen LogP contribution in [0.15, 0.2) is 33.5 Å². The van der Waals surface area contributed by atoms with Crippen molar-refractivity contribution in [1.29, 1.82) is 0 Å². The van der Waals surface area contributed by atoms with Gasteiger partial charge in [0.25, 0.3) is 0 Å². The largest absolute Gasteiger partial charge is 0.388 e. The minimum absolute atomic E-state index is 0.0533. The highest BCUT2D eigenvalue weighted by atomic mass is 16.4. The number of hydrogen-bond donors (Lipinski definition) is 2. The Balaban J connectivity index is 1.89. The fourth-order valence-electron chi connectivity index (χ4n) is 2.17. The maximum Gasteiger partial charge on any atom is 0.348 e. The molecule has 0 bridgehead atoms. The van der Waals surface area contributed by atoms with Gasteiger partial charge < -0.3 is 9.73 Å². The van der Waals surface area contributed by atoms with Crippen molar-refractivity contribution in [1.82, 2.24) is 10.3 Å². The second-order valence-electron chi connectivity index (χ2n) is 4.46. The Morgan fingerprint density at radius 1 is 1.42 bits per heavy atom. The lowest BCUT2D eigenvalue weighted by Crippen LogP contribution is -2.35. The molecule has 1 unspecified atom stereocenters. The third-order valence-corrected chi connectivity index (χ3v) is 3.14. The lowest BCUT2D eigenvalue weighted by atomic mass is 10.2. The minimum Gasteiger partial charge on any atom is -0.388 e. The average molecular weight is 259 g/mol. The van der Waals surface area contributed by atoms with E-state index in [-0.39, 0.29) is 18.0 Å². The van der Waals surface area contributed by atoms with E-state index in [0.29, 0.717) is 10.9 Å². The molecule has 0 saturated carbocycles. The Hall–Kier alpha value is -2.21. The van der Waals surface area contributed by atoms with E-state index in [4.69, 9.17) is 4.42 Å². The van der Waals surface area contributed by atoms with Crippen LogP contribution in [0.3, 0.4) is 0 Å². The highest BCUT2D eigenvalue weighted by molar-refractivity contribution is 5.93. The number of para-hydroxylation sites is 1. The number of hydrogen-bond acceptors (Lipinski definition) is 5. The highest BCUT2D eigenvalue weighted by Gasteiger charge is 2.23. The first-order valence-corrected chi connectivity index (χ1v) is 6.18. The average Bonchev–Trinajstić information content (AvgIpc) is 2.93. The molecular weight excluding hydrogens is 246 g/mol. The predicted molar refractivity (Wildman–Crippen MR) is 69.9 cm³/mol. The molecule has 2 aromatic rings. The second-order valence-corrected chi connectivity index (χ2v) is 4.46. The number of nitrogens with one attached hydrogen (secondary N) is 2. The van der Waals surface area contributed by atoms with Crippen LogP contribution in [0.1, 0.15) is 12.8 Å². The van der Waals surface area contributed by atoms with Crippen molar-refractivity contribution in [3.05, 3.63) is 34.7 Å². The fourth-order valence-corrected chi connectivity index (χ4v) is 2.17. The van der Waals surface area contributed by atoms with Crippen molar-refractivity contribution >= 4 is 22.8 Å². The first-order chi connectivity index (χ1) is 9.24. The molecule has 98 valence electrons. The molecule has 0 aliphatic carbocycles. The number of carbonyl (C=O) groups excluding carboxylic acids is 1. The molecular formula is C13H13N3O3. The molecule has 2 N–H and O–H groups in total. The van der Waals surface area contributed by atoms with Crippen molar-refractivity contribution in [2.24, 2.45) is 0 Å². The molecule has 1 aliphatic rings. The molecule has 1 amide bonds. The van der Waals surface area contributed by atoms with Gasteiger partial charge in [-0.05, 0) is 31.5 Å². The zero-order valence-corrected chi connectivity index (χ0v) is 10.2. The van der Waals surface area contributed by atoms with E-state index in [1.807, 2.05) is 0 Å². The summed E-state index contributed by atoms with van der Waals surface area (Å²) in [5, 5.41) is 6.01. The van der Waals surface area contributed by atoms with Crippen LogP contribution in [0.5, 0.6) is 0 Å². The summed E-state index contributed by atoms with van der Waals surface area (Å²) in [7, 11) is 0. The van der Waals surface area contributed by atoms with Gasteiger partial charge >= 0.3 is 11.6 Å². The SMILES string of the molecule is O=C(Nc1nc2ccccc2c(=O)o1)C1CCCN1. The van der Waals surface area contributed by atoms with Crippen LogP contribution in [0.25, 0.3) is 10.9 Å². The van der Waals surface area contributed by atoms with Gasteiger partial charge in [-0.1, -0.05) is 12.1 Å². The standard InChI is InChI=1S/C13H13N3O3/c17-11(10-6-3-7-14-10)16-13-15-9-5-2-1-4-8(9)12(18)19-13/h1-2,4-5,10,14H,3,6-7H2,(H,15,16,17). The van der Waals surface area contributed by atoms with Crippen molar-refractivity contribution in [3.63, 3.8) is 0 Å². The van der Waals surface area contributed by atoms with Crippen LogP contribution in [0.2, 0.25) is 0 Å². The van der Waals surface area contributed by atoms with Gasteiger partial charge in [0.05, 0.1) is 16.9 Å². The maximum absolute atomic E-state index is 11.9. The second kappa shape index (κ2) is 4.81.